The van der Waals surface area contributed by atoms with Crippen molar-refractivity contribution in [2.75, 3.05) is 0 Å². The Morgan fingerprint density at radius 1 is 1.25 bits per heavy atom. The highest BCUT2D eigenvalue weighted by Crippen LogP contribution is 2.43. The van der Waals surface area contributed by atoms with Crippen molar-refractivity contribution in [3.05, 3.63) is 58.9 Å². The molecule has 1 aliphatic heterocycles. The molecule has 2 N–H and O–H groups in total. The van der Waals surface area contributed by atoms with Gasteiger partial charge in [-0.2, -0.15) is 13.2 Å². The highest BCUT2D eigenvalue weighted by atomic mass is 19.4. The van der Waals surface area contributed by atoms with E-state index in [0.29, 0.717) is 0 Å². The SMILES string of the molecule is C[C@]1(c2cc(CC(=O)c3cnc(C(F)F)cn3)ccc2F)N=C(N)O[C@H](C(F)(F)F)[C@@H]1F. The fraction of sp³-hybridized carbons (Fsp3) is 0.368. The van der Waals surface area contributed by atoms with Crippen LogP contribution in [0.1, 0.15) is 40.7 Å². The minimum atomic E-state index is -5.14. The number of amidine groups is 1. The van der Waals surface area contributed by atoms with Gasteiger partial charge in [0, 0.05) is 12.0 Å². The summed E-state index contributed by atoms with van der Waals surface area (Å²) in [4.78, 5) is 23.0. The first-order valence-electron chi connectivity index (χ1n) is 8.98. The molecule has 0 bridgehead atoms. The number of hydrogen-bond donors (Lipinski definition) is 1. The van der Waals surface area contributed by atoms with Crippen LogP contribution in [0.2, 0.25) is 0 Å². The number of carbonyl (C=O) groups is 1. The Balaban J connectivity index is 1.93. The zero-order valence-corrected chi connectivity index (χ0v) is 16.2. The molecule has 3 rings (SSSR count). The van der Waals surface area contributed by atoms with Gasteiger partial charge in [-0.1, -0.05) is 6.07 Å². The molecule has 6 nitrogen and oxygen atoms in total. The number of Topliss-reactive ketones (excluding diaryl/α,β-unsaturated/α-hetero) is 1. The Kier molecular flexibility index (Phi) is 6.11. The van der Waals surface area contributed by atoms with E-state index < -0.39 is 65.7 Å². The highest BCUT2D eigenvalue weighted by Gasteiger charge is 2.58. The predicted molar refractivity (Wildman–Crippen MR) is 96.2 cm³/mol. The lowest BCUT2D eigenvalue weighted by Gasteiger charge is -2.39. The van der Waals surface area contributed by atoms with E-state index in [1.54, 1.807) is 0 Å². The largest absolute Gasteiger partial charge is 0.449 e. The number of nitrogens with two attached hydrogens (primary N) is 1. The van der Waals surface area contributed by atoms with E-state index in [4.69, 9.17) is 5.73 Å². The third kappa shape index (κ3) is 4.50. The van der Waals surface area contributed by atoms with Crippen molar-refractivity contribution in [3.8, 4) is 0 Å². The molecule has 172 valence electrons. The maximum atomic E-state index is 14.9. The molecule has 32 heavy (non-hydrogen) atoms. The lowest BCUT2D eigenvalue weighted by atomic mass is 9.82. The van der Waals surface area contributed by atoms with Gasteiger partial charge >= 0.3 is 6.18 Å². The number of rotatable bonds is 5. The third-order valence-electron chi connectivity index (χ3n) is 4.84. The Hall–Kier alpha value is -3.25. The van der Waals surface area contributed by atoms with Crippen LogP contribution in [0.3, 0.4) is 0 Å². The minimum absolute atomic E-state index is 0.0865. The van der Waals surface area contributed by atoms with Crippen molar-refractivity contribution in [3.63, 3.8) is 0 Å². The summed E-state index contributed by atoms with van der Waals surface area (Å²) in [7, 11) is 0. The van der Waals surface area contributed by atoms with Gasteiger partial charge in [-0.15, -0.1) is 0 Å². The van der Waals surface area contributed by atoms with Gasteiger partial charge < -0.3 is 10.5 Å². The van der Waals surface area contributed by atoms with E-state index in [9.17, 15) is 35.5 Å². The standard InChI is InChI=1S/C19H15F7N4O2/c1-18(14(21)15(19(24,25)26)32-17(27)30-18)9-4-8(2-3-10(9)20)5-13(31)11-6-29-12(7-28-11)16(22)23/h2-4,6-7,14-16H,5H2,1H3,(H2,27,30)/t14-,15-,18+/m0/s1. The molecular weight excluding hydrogens is 449 g/mol. The number of ether oxygens (including phenoxy) is 1. The van der Waals surface area contributed by atoms with Crippen molar-refractivity contribution >= 4 is 11.8 Å². The van der Waals surface area contributed by atoms with Crippen LogP contribution in [-0.2, 0) is 16.7 Å². The van der Waals surface area contributed by atoms with Crippen LogP contribution in [-0.4, -0.2) is 40.2 Å². The van der Waals surface area contributed by atoms with Crippen molar-refractivity contribution < 1.29 is 40.3 Å². The quantitative estimate of drug-likeness (QED) is 0.537. The zero-order chi connectivity index (χ0) is 23.8. The van der Waals surface area contributed by atoms with E-state index in [-0.39, 0.29) is 11.3 Å². The van der Waals surface area contributed by atoms with Crippen molar-refractivity contribution in [1.82, 2.24) is 9.97 Å². The summed E-state index contributed by atoms with van der Waals surface area (Å²) >= 11 is 0. The average Bonchev–Trinajstić information content (AvgIpc) is 2.71. The Morgan fingerprint density at radius 3 is 2.50 bits per heavy atom. The van der Waals surface area contributed by atoms with Crippen molar-refractivity contribution in [2.24, 2.45) is 10.7 Å². The first-order chi connectivity index (χ1) is 14.8. The number of nitrogens with zero attached hydrogens (tertiary/aromatic N) is 3. The van der Waals surface area contributed by atoms with Gasteiger partial charge in [-0.3, -0.25) is 9.78 Å². The van der Waals surface area contributed by atoms with Gasteiger partial charge in [0.2, 0.25) is 6.10 Å². The van der Waals surface area contributed by atoms with Gasteiger partial charge in [-0.25, -0.2) is 27.5 Å². The minimum Gasteiger partial charge on any atom is -0.449 e. The van der Waals surface area contributed by atoms with Crippen LogP contribution in [0.15, 0.2) is 35.6 Å². The number of hydrogen-bond acceptors (Lipinski definition) is 6. The first-order valence-corrected chi connectivity index (χ1v) is 8.98. The van der Waals surface area contributed by atoms with Crippen LogP contribution in [0.25, 0.3) is 0 Å². The van der Waals surface area contributed by atoms with Crippen LogP contribution >= 0.6 is 0 Å². The van der Waals surface area contributed by atoms with Crippen molar-refractivity contribution in [1.29, 1.82) is 0 Å². The summed E-state index contributed by atoms with van der Waals surface area (Å²) < 4.78 is 98.3. The molecule has 2 aromatic rings. The zero-order valence-electron chi connectivity index (χ0n) is 16.2. The number of alkyl halides is 6. The van der Waals surface area contributed by atoms with E-state index in [2.05, 4.69) is 19.7 Å². The normalized spacial score (nSPS) is 23.6. The Labute approximate surface area is 176 Å². The monoisotopic (exact) mass is 464 g/mol. The second-order valence-electron chi connectivity index (χ2n) is 7.12. The highest BCUT2D eigenvalue weighted by molar-refractivity contribution is 5.95. The summed E-state index contributed by atoms with van der Waals surface area (Å²) in [5.41, 5.74) is 1.50. The summed E-state index contributed by atoms with van der Waals surface area (Å²) in [6.07, 6.45) is -12.7. The van der Waals surface area contributed by atoms with Crippen LogP contribution in [0.4, 0.5) is 30.7 Å². The molecule has 0 saturated heterocycles. The summed E-state index contributed by atoms with van der Waals surface area (Å²) in [6.45, 7) is 0.921. The van der Waals surface area contributed by atoms with Crippen LogP contribution < -0.4 is 5.73 Å². The molecule has 0 unspecified atom stereocenters. The van der Waals surface area contributed by atoms with Crippen molar-refractivity contribution in [2.45, 2.75) is 43.8 Å². The molecule has 2 heterocycles. The van der Waals surface area contributed by atoms with E-state index in [0.717, 1.165) is 37.5 Å². The van der Waals surface area contributed by atoms with E-state index in [1.165, 1.54) is 0 Å². The predicted octanol–water partition coefficient (Wildman–Crippen LogP) is 3.81. The summed E-state index contributed by atoms with van der Waals surface area (Å²) in [5, 5.41) is 0. The molecule has 0 spiro atoms. The maximum Gasteiger partial charge on any atom is 0.428 e. The van der Waals surface area contributed by atoms with Gasteiger partial charge in [0.15, 0.2) is 12.0 Å². The van der Waals surface area contributed by atoms with Gasteiger partial charge in [0.25, 0.3) is 12.4 Å². The lowest BCUT2D eigenvalue weighted by molar-refractivity contribution is -0.227. The van der Waals surface area contributed by atoms with Crippen LogP contribution in [0, 0.1) is 5.82 Å². The molecular formula is C19H15F7N4O2. The second-order valence-corrected chi connectivity index (χ2v) is 7.12. The molecule has 0 fully saturated rings. The fourth-order valence-electron chi connectivity index (χ4n) is 3.18. The molecule has 0 amide bonds. The molecule has 0 aliphatic carbocycles. The Morgan fingerprint density at radius 2 is 1.94 bits per heavy atom. The van der Waals surface area contributed by atoms with Gasteiger partial charge in [0.1, 0.15) is 22.7 Å². The molecule has 1 aromatic carbocycles. The number of aliphatic imine (C=N–C) groups is 1. The molecule has 0 radical (unpaired) electrons. The Bertz CT molecular complexity index is 1040. The first kappa shape index (κ1) is 23.4. The number of ketones is 1. The fourth-order valence-corrected chi connectivity index (χ4v) is 3.18. The molecule has 0 saturated carbocycles. The van der Waals surface area contributed by atoms with Gasteiger partial charge in [-0.05, 0) is 24.6 Å². The molecule has 13 heteroatoms. The van der Waals surface area contributed by atoms with Gasteiger partial charge in [0.05, 0.1) is 12.4 Å². The number of benzene rings is 1. The lowest BCUT2D eigenvalue weighted by Crippen LogP contribution is -2.55. The number of carbonyl (C=O) groups excluding carboxylic acids is 1. The summed E-state index contributed by atoms with van der Waals surface area (Å²) in [5.74, 6) is -1.77. The molecule has 1 aromatic heterocycles. The summed E-state index contributed by atoms with van der Waals surface area (Å²) in [6, 6.07) is 2.00. The van der Waals surface area contributed by atoms with E-state index in [1.807, 2.05) is 0 Å². The third-order valence-corrected chi connectivity index (χ3v) is 4.84. The second kappa shape index (κ2) is 8.36. The topological polar surface area (TPSA) is 90.5 Å². The molecule has 1 aliphatic rings. The number of aromatic nitrogens is 2. The molecule has 3 atom stereocenters. The van der Waals surface area contributed by atoms with E-state index >= 15 is 0 Å². The smallest absolute Gasteiger partial charge is 0.428 e. The number of halogens is 7. The average molecular weight is 464 g/mol. The van der Waals surface area contributed by atoms with Crippen LogP contribution in [0.5, 0.6) is 0 Å². The maximum absolute atomic E-state index is 14.9.